The fraction of sp³-hybridized carbons (Fsp3) is 0.300. The lowest BCUT2D eigenvalue weighted by Gasteiger charge is -2.02. The van der Waals surface area contributed by atoms with Gasteiger partial charge in [0.05, 0.1) is 37.4 Å². The zero-order valence-electron chi connectivity index (χ0n) is 8.74. The van der Waals surface area contributed by atoms with Crippen molar-refractivity contribution < 1.29 is 5.11 Å². The van der Waals surface area contributed by atoms with Gasteiger partial charge in [-0.25, -0.2) is 9.97 Å². The summed E-state index contributed by atoms with van der Waals surface area (Å²) >= 11 is 0. The minimum Gasteiger partial charge on any atom is -0.394 e. The number of nitrogens with zero attached hydrogens (tertiary/aromatic N) is 4. The molecule has 2 rings (SSSR count). The fourth-order valence-electron chi connectivity index (χ4n) is 1.32. The van der Waals surface area contributed by atoms with Crippen LogP contribution in [0.2, 0.25) is 0 Å². The monoisotopic (exact) mass is 219 g/mol. The van der Waals surface area contributed by atoms with Gasteiger partial charge >= 0.3 is 0 Å². The molecule has 84 valence electrons. The zero-order valence-corrected chi connectivity index (χ0v) is 8.74. The van der Waals surface area contributed by atoms with E-state index in [0.717, 1.165) is 11.3 Å². The van der Waals surface area contributed by atoms with Gasteiger partial charge in [-0.1, -0.05) is 0 Å². The van der Waals surface area contributed by atoms with Crippen LogP contribution in [0.15, 0.2) is 31.1 Å². The van der Waals surface area contributed by atoms with Crippen molar-refractivity contribution in [2.24, 2.45) is 0 Å². The predicted octanol–water partition coefficient (Wildman–Crippen LogP) is 0.277. The van der Waals surface area contributed by atoms with Gasteiger partial charge in [-0.05, 0) is 0 Å². The molecule has 0 aromatic carbocycles. The lowest BCUT2D eigenvalue weighted by molar-refractivity contribution is 0.269. The van der Waals surface area contributed by atoms with Crippen LogP contribution in [-0.2, 0) is 13.1 Å². The molecule has 0 saturated carbocycles. The number of hydrogen-bond acceptors (Lipinski definition) is 5. The minimum absolute atomic E-state index is 0.0983. The minimum atomic E-state index is 0.0983. The largest absolute Gasteiger partial charge is 0.394 e. The van der Waals surface area contributed by atoms with Crippen LogP contribution in [0.1, 0.15) is 5.56 Å². The standard InChI is InChI=1S/C10H13N5O/c16-2-1-15-7-9(4-14-15)3-13-10-5-11-8-12-6-10/h4-8,13,16H,1-3H2. The first-order valence-corrected chi connectivity index (χ1v) is 4.99. The van der Waals surface area contributed by atoms with Crippen LogP contribution in [0.4, 0.5) is 5.69 Å². The topological polar surface area (TPSA) is 75.9 Å². The third kappa shape index (κ3) is 2.77. The molecule has 2 heterocycles. The van der Waals surface area contributed by atoms with Crippen LogP contribution in [0.5, 0.6) is 0 Å². The van der Waals surface area contributed by atoms with Gasteiger partial charge in [-0.2, -0.15) is 5.10 Å². The molecular formula is C10H13N5O. The highest BCUT2D eigenvalue weighted by atomic mass is 16.3. The van der Waals surface area contributed by atoms with Crippen LogP contribution in [-0.4, -0.2) is 31.5 Å². The number of anilines is 1. The second kappa shape index (κ2) is 5.22. The van der Waals surface area contributed by atoms with E-state index < -0.39 is 0 Å². The van der Waals surface area contributed by atoms with Crippen molar-refractivity contribution in [3.8, 4) is 0 Å². The number of nitrogens with one attached hydrogen (secondary N) is 1. The van der Waals surface area contributed by atoms with E-state index in [2.05, 4.69) is 20.4 Å². The molecule has 16 heavy (non-hydrogen) atoms. The van der Waals surface area contributed by atoms with E-state index in [0.29, 0.717) is 13.1 Å². The highest BCUT2D eigenvalue weighted by Crippen LogP contribution is 2.04. The maximum atomic E-state index is 8.74. The summed E-state index contributed by atoms with van der Waals surface area (Å²) in [6, 6.07) is 0. The van der Waals surface area contributed by atoms with Crippen molar-refractivity contribution >= 4 is 5.69 Å². The highest BCUT2D eigenvalue weighted by molar-refractivity contribution is 5.37. The average Bonchev–Trinajstić information content (AvgIpc) is 2.76. The van der Waals surface area contributed by atoms with Crippen molar-refractivity contribution in [3.05, 3.63) is 36.7 Å². The molecule has 6 heteroatoms. The summed E-state index contributed by atoms with van der Waals surface area (Å²) in [5.41, 5.74) is 1.93. The number of aromatic nitrogens is 4. The van der Waals surface area contributed by atoms with E-state index >= 15 is 0 Å². The lowest BCUT2D eigenvalue weighted by atomic mass is 10.3. The highest BCUT2D eigenvalue weighted by Gasteiger charge is 1.98. The first kappa shape index (κ1) is 10.6. The van der Waals surface area contributed by atoms with Gasteiger partial charge in [0.25, 0.3) is 0 Å². The molecule has 2 aromatic heterocycles. The van der Waals surface area contributed by atoms with Crippen LogP contribution >= 0.6 is 0 Å². The SMILES string of the molecule is OCCn1cc(CNc2cncnc2)cn1. The first-order chi connectivity index (χ1) is 7.88. The smallest absolute Gasteiger partial charge is 0.115 e. The Morgan fingerprint density at radius 1 is 1.25 bits per heavy atom. The molecule has 0 fully saturated rings. The first-order valence-electron chi connectivity index (χ1n) is 4.99. The van der Waals surface area contributed by atoms with Crippen LogP contribution < -0.4 is 5.32 Å². The molecular weight excluding hydrogens is 206 g/mol. The van der Waals surface area contributed by atoms with E-state index in [4.69, 9.17) is 5.11 Å². The average molecular weight is 219 g/mol. The number of hydrogen-bond donors (Lipinski definition) is 2. The summed E-state index contributed by atoms with van der Waals surface area (Å²) < 4.78 is 1.71. The van der Waals surface area contributed by atoms with Gasteiger partial charge in [0.2, 0.25) is 0 Å². The van der Waals surface area contributed by atoms with Gasteiger partial charge < -0.3 is 10.4 Å². The number of aliphatic hydroxyl groups excluding tert-OH is 1. The van der Waals surface area contributed by atoms with Crippen molar-refractivity contribution in [3.63, 3.8) is 0 Å². The third-order valence-corrected chi connectivity index (χ3v) is 2.07. The summed E-state index contributed by atoms with van der Waals surface area (Å²) in [4.78, 5) is 7.81. The Bertz CT molecular complexity index is 428. The predicted molar refractivity (Wildman–Crippen MR) is 58.7 cm³/mol. The molecule has 0 aliphatic rings. The molecule has 0 saturated heterocycles. The Kier molecular flexibility index (Phi) is 3.45. The number of aliphatic hydroxyl groups is 1. The Hall–Kier alpha value is -1.95. The summed E-state index contributed by atoms with van der Waals surface area (Å²) in [6.45, 7) is 1.29. The van der Waals surface area contributed by atoms with Crippen LogP contribution in [0.25, 0.3) is 0 Å². The van der Waals surface area contributed by atoms with Crippen molar-refractivity contribution in [2.75, 3.05) is 11.9 Å². The van der Waals surface area contributed by atoms with E-state index in [9.17, 15) is 0 Å². The molecule has 0 aliphatic carbocycles. The molecule has 0 atom stereocenters. The van der Waals surface area contributed by atoms with Gasteiger partial charge in [-0.15, -0.1) is 0 Å². The summed E-state index contributed by atoms with van der Waals surface area (Å²) in [6.07, 6.45) is 8.58. The van der Waals surface area contributed by atoms with E-state index in [1.807, 2.05) is 6.20 Å². The van der Waals surface area contributed by atoms with Crippen molar-refractivity contribution in [2.45, 2.75) is 13.1 Å². The molecule has 0 bridgehead atoms. The van der Waals surface area contributed by atoms with Gasteiger partial charge in [0, 0.05) is 18.3 Å². The molecule has 2 aromatic rings. The molecule has 0 amide bonds. The molecule has 0 unspecified atom stereocenters. The van der Waals surface area contributed by atoms with E-state index in [-0.39, 0.29) is 6.61 Å². The second-order valence-electron chi connectivity index (χ2n) is 3.32. The molecule has 0 spiro atoms. The molecule has 0 aliphatic heterocycles. The van der Waals surface area contributed by atoms with Crippen molar-refractivity contribution in [1.82, 2.24) is 19.7 Å². The van der Waals surface area contributed by atoms with Gasteiger partial charge in [-0.3, -0.25) is 4.68 Å². The third-order valence-electron chi connectivity index (χ3n) is 2.07. The zero-order chi connectivity index (χ0) is 11.2. The second-order valence-corrected chi connectivity index (χ2v) is 3.32. The summed E-state index contributed by atoms with van der Waals surface area (Å²) in [5.74, 6) is 0. The Morgan fingerprint density at radius 3 is 2.81 bits per heavy atom. The number of rotatable bonds is 5. The lowest BCUT2D eigenvalue weighted by Crippen LogP contribution is -2.02. The van der Waals surface area contributed by atoms with Crippen LogP contribution in [0, 0.1) is 0 Å². The molecule has 0 radical (unpaired) electrons. The Balaban J connectivity index is 1.89. The normalized spacial score (nSPS) is 10.3. The maximum Gasteiger partial charge on any atom is 0.115 e. The molecule has 2 N–H and O–H groups in total. The van der Waals surface area contributed by atoms with E-state index in [1.54, 1.807) is 23.3 Å². The van der Waals surface area contributed by atoms with Crippen molar-refractivity contribution in [1.29, 1.82) is 0 Å². The van der Waals surface area contributed by atoms with Gasteiger partial charge in [0.1, 0.15) is 6.33 Å². The summed E-state index contributed by atoms with van der Waals surface area (Å²) in [7, 11) is 0. The fourth-order valence-corrected chi connectivity index (χ4v) is 1.32. The Labute approximate surface area is 93.0 Å². The molecule has 6 nitrogen and oxygen atoms in total. The maximum absolute atomic E-state index is 8.74. The van der Waals surface area contributed by atoms with Crippen LogP contribution in [0.3, 0.4) is 0 Å². The van der Waals surface area contributed by atoms with E-state index in [1.165, 1.54) is 6.33 Å². The quantitative estimate of drug-likeness (QED) is 0.755. The Morgan fingerprint density at radius 2 is 2.06 bits per heavy atom. The van der Waals surface area contributed by atoms with Gasteiger partial charge in [0.15, 0.2) is 0 Å². The summed E-state index contributed by atoms with van der Waals surface area (Å²) in [5, 5.41) is 16.0.